The highest BCUT2D eigenvalue weighted by molar-refractivity contribution is 5.37. The van der Waals surface area contributed by atoms with Crippen LogP contribution in [0.2, 0.25) is 0 Å². The van der Waals surface area contributed by atoms with Gasteiger partial charge in [0.1, 0.15) is 11.6 Å². The van der Waals surface area contributed by atoms with E-state index < -0.39 is 0 Å². The lowest BCUT2D eigenvalue weighted by Crippen LogP contribution is -2.37. The van der Waals surface area contributed by atoms with Gasteiger partial charge in [0.15, 0.2) is 5.82 Å². The number of anilines is 1. The SMILES string of the molecule is Cc1nccc(N2CCC(Cn3nc(-n4cccn4)ccc3=O)CC2)n1. The summed E-state index contributed by atoms with van der Waals surface area (Å²) in [6.07, 6.45) is 7.32. The molecule has 0 spiro atoms. The molecule has 26 heavy (non-hydrogen) atoms. The summed E-state index contributed by atoms with van der Waals surface area (Å²) in [5, 5.41) is 8.64. The third-order valence-electron chi connectivity index (χ3n) is 4.72. The molecule has 4 rings (SSSR count). The summed E-state index contributed by atoms with van der Waals surface area (Å²) in [6, 6.07) is 7.04. The summed E-state index contributed by atoms with van der Waals surface area (Å²) in [7, 11) is 0. The van der Waals surface area contributed by atoms with Crippen LogP contribution in [0, 0.1) is 12.8 Å². The van der Waals surface area contributed by atoms with E-state index in [-0.39, 0.29) is 5.56 Å². The van der Waals surface area contributed by atoms with Gasteiger partial charge in [0.05, 0.1) is 0 Å². The fraction of sp³-hybridized carbons (Fsp3) is 0.389. The second kappa shape index (κ2) is 7.07. The largest absolute Gasteiger partial charge is 0.356 e. The van der Waals surface area contributed by atoms with E-state index in [1.165, 1.54) is 0 Å². The topological polar surface area (TPSA) is 81.7 Å². The lowest BCUT2D eigenvalue weighted by Gasteiger charge is -2.32. The van der Waals surface area contributed by atoms with Crippen LogP contribution in [0.4, 0.5) is 5.82 Å². The monoisotopic (exact) mass is 351 g/mol. The molecule has 8 heteroatoms. The predicted octanol–water partition coefficient (Wildman–Crippen LogP) is 1.44. The molecule has 134 valence electrons. The van der Waals surface area contributed by atoms with Crippen LogP contribution in [0.1, 0.15) is 18.7 Å². The van der Waals surface area contributed by atoms with Crippen LogP contribution in [-0.4, -0.2) is 42.6 Å². The van der Waals surface area contributed by atoms with Gasteiger partial charge in [-0.05, 0) is 43.9 Å². The lowest BCUT2D eigenvalue weighted by molar-refractivity contribution is 0.333. The molecule has 0 saturated carbocycles. The van der Waals surface area contributed by atoms with Crippen LogP contribution in [0.5, 0.6) is 0 Å². The van der Waals surface area contributed by atoms with Gasteiger partial charge >= 0.3 is 0 Å². The van der Waals surface area contributed by atoms with Crippen LogP contribution in [0.3, 0.4) is 0 Å². The molecule has 0 bridgehead atoms. The summed E-state index contributed by atoms with van der Waals surface area (Å²) in [4.78, 5) is 23.1. The van der Waals surface area contributed by atoms with Gasteiger partial charge in [-0.2, -0.15) is 5.10 Å². The third-order valence-corrected chi connectivity index (χ3v) is 4.72. The first-order valence-corrected chi connectivity index (χ1v) is 8.82. The van der Waals surface area contributed by atoms with E-state index >= 15 is 0 Å². The van der Waals surface area contributed by atoms with Crippen LogP contribution in [-0.2, 0) is 6.54 Å². The zero-order chi connectivity index (χ0) is 17.9. The second-order valence-electron chi connectivity index (χ2n) is 6.55. The minimum absolute atomic E-state index is 0.0743. The Labute approximate surface area is 151 Å². The Morgan fingerprint density at radius 3 is 2.69 bits per heavy atom. The second-order valence-corrected chi connectivity index (χ2v) is 6.55. The van der Waals surface area contributed by atoms with E-state index in [2.05, 4.69) is 25.1 Å². The van der Waals surface area contributed by atoms with Gasteiger partial charge < -0.3 is 4.90 Å². The highest BCUT2D eigenvalue weighted by Crippen LogP contribution is 2.22. The Hall–Kier alpha value is -3.03. The predicted molar refractivity (Wildman–Crippen MR) is 97.3 cm³/mol. The van der Waals surface area contributed by atoms with Crippen molar-refractivity contribution in [1.82, 2.24) is 29.5 Å². The third kappa shape index (κ3) is 3.49. The molecular formula is C18H21N7O. The van der Waals surface area contributed by atoms with Crippen molar-refractivity contribution in [3.8, 4) is 5.82 Å². The van der Waals surface area contributed by atoms with Crippen LogP contribution in [0.15, 0.2) is 47.7 Å². The number of nitrogens with zero attached hydrogens (tertiary/aromatic N) is 7. The van der Waals surface area contributed by atoms with Gasteiger partial charge in [0, 0.05) is 44.3 Å². The normalized spacial score (nSPS) is 15.3. The van der Waals surface area contributed by atoms with Gasteiger partial charge in [-0.3, -0.25) is 4.79 Å². The number of piperidine rings is 1. The average molecular weight is 351 g/mol. The average Bonchev–Trinajstić information content (AvgIpc) is 3.19. The van der Waals surface area contributed by atoms with E-state index in [1.54, 1.807) is 33.9 Å². The number of hydrogen-bond donors (Lipinski definition) is 0. The van der Waals surface area contributed by atoms with Crippen LogP contribution in [0.25, 0.3) is 5.82 Å². The Kier molecular flexibility index (Phi) is 4.47. The van der Waals surface area contributed by atoms with E-state index in [4.69, 9.17) is 0 Å². The summed E-state index contributed by atoms with van der Waals surface area (Å²) >= 11 is 0. The summed E-state index contributed by atoms with van der Waals surface area (Å²) in [6.45, 7) is 4.38. The summed E-state index contributed by atoms with van der Waals surface area (Å²) < 4.78 is 3.22. The number of rotatable bonds is 4. The van der Waals surface area contributed by atoms with Crippen molar-refractivity contribution < 1.29 is 0 Å². The van der Waals surface area contributed by atoms with Crippen LogP contribution < -0.4 is 10.5 Å². The molecule has 3 aromatic heterocycles. The highest BCUT2D eigenvalue weighted by atomic mass is 16.1. The molecular weight excluding hydrogens is 330 g/mol. The van der Waals surface area contributed by atoms with Gasteiger partial charge in [0.2, 0.25) is 0 Å². The molecule has 0 N–H and O–H groups in total. The van der Waals surface area contributed by atoms with Crippen molar-refractivity contribution in [2.75, 3.05) is 18.0 Å². The molecule has 1 fully saturated rings. The molecule has 8 nitrogen and oxygen atoms in total. The van der Waals surface area contributed by atoms with Crippen molar-refractivity contribution in [3.05, 3.63) is 59.0 Å². The van der Waals surface area contributed by atoms with E-state index in [0.29, 0.717) is 18.3 Å². The molecule has 0 aliphatic carbocycles. The van der Waals surface area contributed by atoms with Crippen molar-refractivity contribution in [3.63, 3.8) is 0 Å². The molecule has 1 saturated heterocycles. The van der Waals surface area contributed by atoms with Crippen molar-refractivity contribution in [2.45, 2.75) is 26.3 Å². The number of hydrogen-bond acceptors (Lipinski definition) is 6. The fourth-order valence-corrected chi connectivity index (χ4v) is 3.30. The van der Waals surface area contributed by atoms with Gasteiger partial charge in [-0.15, -0.1) is 5.10 Å². The smallest absolute Gasteiger partial charge is 0.266 e. The van der Waals surface area contributed by atoms with Crippen LogP contribution >= 0.6 is 0 Å². The Balaban J connectivity index is 1.43. The quantitative estimate of drug-likeness (QED) is 0.707. The summed E-state index contributed by atoms with van der Waals surface area (Å²) in [5.74, 6) is 2.85. The van der Waals surface area contributed by atoms with Gasteiger partial charge in [-0.25, -0.2) is 19.3 Å². The molecule has 0 aromatic carbocycles. The minimum Gasteiger partial charge on any atom is -0.356 e. The zero-order valence-corrected chi connectivity index (χ0v) is 14.7. The van der Waals surface area contributed by atoms with E-state index in [1.807, 2.05) is 25.3 Å². The molecule has 0 atom stereocenters. The number of aromatic nitrogens is 6. The van der Waals surface area contributed by atoms with E-state index in [9.17, 15) is 4.79 Å². The zero-order valence-electron chi connectivity index (χ0n) is 14.7. The first-order valence-electron chi connectivity index (χ1n) is 8.82. The van der Waals surface area contributed by atoms with E-state index in [0.717, 1.165) is 37.6 Å². The maximum absolute atomic E-state index is 12.2. The standard InChI is InChI=1S/C18H21N7O/c1-14-19-9-5-16(21-14)23-11-6-15(7-12-23)13-25-18(26)4-3-17(22-25)24-10-2-8-20-24/h2-5,8-10,15H,6-7,11-13H2,1H3. The molecule has 0 unspecified atom stereocenters. The first-order chi connectivity index (χ1) is 12.7. The summed E-state index contributed by atoms with van der Waals surface area (Å²) in [5.41, 5.74) is -0.0743. The lowest BCUT2D eigenvalue weighted by atomic mass is 9.97. The molecule has 3 aromatic rings. The molecule has 4 heterocycles. The maximum Gasteiger partial charge on any atom is 0.266 e. The molecule has 1 aliphatic heterocycles. The van der Waals surface area contributed by atoms with Crippen molar-refractivity contribution in [1.29, 1.82) is 0 Å². The highest BCUT2D eigenvalue weighted by Gasteiger charge is 2.21. The van der Waals surface area contributed by atoms with Gasteiger partial charge in [0.25, 0.3) is 5.56 Å². The Bertz CT molecular complexity index is 927. The Morgan fingerprint density at radius 2 is 1.96 bits per heavy atom. The van der Waals surface area contributed by atoms with Crippen molar-refractivity contribution >= 4 is 5.82 Å². The van der Waals surface area contributed by atoms with Crippen molar-refractivity contribution in [2.24, 2.45) is 5.92 Å². The maximum atomic E-state index is 12.2. The molecule has 0 radical (unpaired) electrons. The fourth-order valence-electron chi connectivity index (χ4n) is 3.30. The van der Waals surface area contributed by atoms with Gasteiger partial charge in [-0.1, -0.05) is 0 Å². The Morgan fingerprint density at radius 1 is 1.12 bits per heavy atom. The minimum atomic E-state index is -0.0743. The molecule has 0 amide bonds. The first kappa shape index (κ1) is 16.4. The number of aryl methyl sites for hydroxylation is 1. The molecule has 1 aliphatic rings.